The van der Waals surface area contributed by atoms with Crippen LogP contribution >= 0.6 is 22.7 Å². The third-order valence-corrected chi connectivity index (χ3v) is 12.8. The number of hydrogen-bond donors (Lipinski definition) is 0. The van der Waals surface area contributed by atoms with E-state index in [1.807, 2.05) is 22.7 Å². The van der Waals surface area contributed by atoms with Gasteiger partial charge in [0.25, 0.3) is 0 Å². The zero-order valence-corrected chi connectivity index (χ0v) is 29.1. The average molecular weight is 684 g/mol. The molecule has 0 aliphatic rings. The van der Waals surface area contributed by atoms with Crippen LogP contribution in [-0.2, 0) is 0 Å². The van der Waals surface area contributed by atoms with Crippen LogP contribution in [0.5, 0.6) is 0 Å². The average Bonchev–Trinajstić information content (AvgIpc) is 3.87. The Morgan fingerprint density at radius 3 is 1.65 bits per heavy atom. The zero-order chi connectivity index (χ0) is 33.5. The summed E-state index contributed by atoms with van der Waals surface area (Å²) in [4.78, 5) is 0. The van der Waals surface area contributed by atoms with Gasteiger partial charge in [-0.1, -0.05) is 121 Å². The first-order chi connectivity index (χ1) is 25.3. The second kappa shape index (κ2) is 11.3. The van der Waals surface area contributed by atoms with Crippen LogP contribution in [0.15, 0.2) is 176 Å². The Bertz CT molecular complexity index is 3030. The SMILES string of the molecule is c1ccc(-c2ccc3c(c2)c2cc(-c4ccccc4)ccc2n3-c2ccc3sc4c(-c5cccc6sc7ccccc7c56)cccc4c3c2)cc1. The van der Waals surface area contributed by atoms with E-state index in [4.69, 9.17) is 0 Å². The van der Waals surface area contributed by atoms with E-state index in [0.29, 0.717) is 0 Å². The largest absolute Gasteiger partial charge is 0.309 e. The molecule has 238 valence electrons. The lowest BCUT2D eigenvalue weighted by Crippen LogP contribution is -1.93. The van der Waals surface area contributed by atoms with E-state index in [1.54, 1.807) is 0 Å². The third-order valence-electron chi connectivity index (χ3n) is 10.4. The van der Waals surface area contributed by atoms with E-state index in [-0.39, 0.29) is 0 Å². The summed E-state index contributed by atoms with van der Waals surface area (Å²) >= 11 is 3.79. The van der Waals surface area contributed by atoms with E-state index < -0.39 is 0 Å². The molecule has 0 aliphatic heterocycles. The summed E-state index contributed by atoms with van der Waals surface area (Å²) in [6.07, 6.45) is 0. The number of rotatable bonds is 4. The maximum Gasteiger partial charge on any atom is 0.0541 e. The quantitative estimate of drug-likeness (QED) is 0.174. The lowest BCUT2D eigenvalue weighted by atomic mass is 9.98. The molecule has 3 heterocycles. The van der Waals surface area contributed by atoms with E-state index >= 15 is 0 Å². The second-order valence-corrected chi connectivity index (χ2v) is 15.4. The molecule has 8 aromatic carbocycles. The van der Waals surface area contributed by atoms with Crippen molar-refractivity contribution >= 4 is 84.8 Å². The molecule has 0 unspecified atom stereocenters. The van der Waals surface area contributed by atoms with Gasteiger partial charge in [0.05, 0.1) is 11.0 Å². The number of nitrogens with zero attached hydrogens (tertiary/aromatic N) is 1. The highest BCUT2D eigenvalue weighted by atomic mass is 32.1. The van der Waals surface area contributed by atoms with E-state index in [9.17, 15) is 0 Å². The molecule has 1 nitrogen and oxygen atoms in total. The van der Waals surface area contributed by atoms with Crippen molar-refractivity contribution in [2.75, 3.05) is 0 Å². The summed E-state index contributed by atoms with van der Waals surface area (Å²) in [5.74, 6) is 0. The molecule has 3 aromatic heterocycles. The van der Waals surface area contributed by atoms with E-state index in [1.165, 1.54) is 101 Å². The van der Waals surface area contributed by atoms with Crippen molar-refractivity contribution in [2.45, 2.75) is 0 Å². The highest BCUT2D eigenvalue weighted by molar-refractivity contribution is 7.26. The van der Waals surface area contributed by atoms with Gasteiger partial charge in [0, 0.05) is 62.4 Å². The van der Waals surface area contributed by atoms with Crippen molar-refractivity contribution in [1.29, 1.82) is 0 Å². The summed E-state index contributed by atoms with van der Waals surface area (Å²) in [7, 11) is 0. The second-order valence-electron chi connectivity index (χ2n) is 13.3. The van der Waals surface area contributed by atoms with Crippen LogP contribution in [0.4, 0.5) is 0 Å². The molecule has 0 saturated carbocycles. The van der Waals surface area contributed by atoms with Gasteiger partial charge < -0.3 is 4.57 Å². The standard InChI is InChI=1S/C48H29NS2/c1-3-11-30(12-4-1)32-21-24-42-39(27-32)40-28-33(31-13-5-2-6-14-31)22-25-43(40)49(42)34-23-26-45-41(29-34)37-18-9-17-36(48(37)51-45)35-16-10-20-46-47(35)38-15-7-8-19-44(38)50-46/h1-29H. The van der Waals surface area contributed by atoms with Gasteiger partial charge in [0.15, 0.2) is 0 Å². The Morgan fingerprint density at radius 1 is 0.333 bits per heavy atom. The van der Waals surface area contributed by atoms with Crippen molar-refractivity contribution in [3.63, 3.8) is 0 Å². The summed E-state index contributed by atoms with van der Waals surface area (Å²) < 4.78 is 7.79. The van der Waals surface area contributed by atoms with Crippen LogP contribution in [0.25, 0.3) is 101 Å². The first-order valence-corrected chi connectivity index (χ1v) is 19.0. The molecule has 11 aromatic rings. The summed E-state index contributed by atoms with van der Waals surface area (Å²) in [5, 5.41) is 7.83. The molecule has 0 bridgehead atoms. The minimum Gasteiger partial charge on any atom is -0.309 e. The number of thiophene rings is 2. The lowest BCUT2D eigenvalue weighted by Gasteiger charge is -2.10. The molecule has 11 rings (SSSR count). The highest BCUT2D eigenvalue weighted by Gasteiger charge is 2.18. The minimum atomic E-state index is 1.18. The van der Waals surface area contributed by atoms with Crippen molar-refractivity contribution in [2.24, 2.45) is 0 Å². The Morgan fingerprint density at radius 2 is 0.922 bits per heavy atom. The van der Waals surface area contributed by atoms with Crippen molar-refractivity contribution in [3.05, 3.63) is 176 Å². The highest BCUT2D eigenvalue weighted by Crippen LogP contribution is 2.46. The molecule has 0 spiro atoms. The van der Waals surface area contributed by atoms with Crippen LogP contribution in [0, 0.1) is 0 Å². The molecule has 0 atom stereocenters. The Labute approximate surface area is 302 Å². The van der Waals surface area contributed by atoms with Crippen LogP contribution < -0.4 is 0 Å². The van der Waals surface area contributed by atoms with Gasteiger partial charge in [-0.15, -0.1) is 22.7 Å². The van der Waals surface area contributed by atoms with Crippen molar-refractivity contribution in [1.82, 2.24) is 4.57 Å². The minimum absolute atomic E-state index is 1.18. The Hall–Kier alpha value is -6.00. The molecule has 0 saturated heterocycles. The van der Waals surface area contributed by atoms with Gasteiger partial charge in [-0.05, 0) is 82.4 Å². The van der Waals surface area contributed by atoms with E-state index in [2.05, 4.69) is 180 Å². The first kappa shape index (κ1) is 28.8. The van der Waals surface area contributed by atoms with Crippen LogP contribution in [0.1, 0.15) is 0 Å². The van der Waals surface area contributed by atoms with Gasteiger partial charge in [-0.25, -0.2) is 0 Å². The van der Waals surface area contributed by atoms with Gasteiger partial charge in [0.1, 0.15) is 0 Å². The molecule has 0 N–H and O–H groups in total. The molecule has 0 radical (unpaired) electrons. The van der Waals surface area contributed by atoms with Gasteiger partial charge in [-0.2, -0.15) is 0 Å². The van der Waals surface area contributed by atoms with Crippen molar-refractivity contribution < 1.29 is 0 Å². The summed E-state index contributed by atoms with van der Waals surface area (Å²) in [5.41, 5.74) is 11.1. The summed E-state index contributed by atoms with van der Waals surface area (Å²) in [6.45, 7) is 0. The Kier molecular flexibility index (Phi) is 6.36. The molecule has 3 heteroatoms. The Balaban J connectivity index is 1.14. The normalized spacial score (nSPS) is 11.9. The number of benzene rings is 8. The van der Waals surface area contributed by atoms with E-state index in [0.717, 1.165) is 0 Å². The lowest BCUT2D eigenvalue weighted by molar-refractivity contribution is 1.19. The predicted molar refractivity (Wildman–Crippen MR) is 223 cm³/mol. The molecule has 0 fully saturated rings. The maximum absolute atomic E-state index is 2.46. The monoisotopic (exact) mass is 683 g/mol. The van der Waals surface area contributed by atoms with Gasteiger partial charge >= 0.3 is 0 Å². The van der Waals surface area contributed by atoms with Crippen molar-refractivity contribution in [3.8, 4) is 39.1 Å². The van der Waals surface area contributed by atoms with Crippen LogP contribution in [0.3, 0.4) is 0 Å². The number of aromatic nitrogens is 1. The first-order valence-electron chi connectivity index (χ1n) is 17.3. The molecule has 0 amide bonds. The molecular weight excluding hydrogens is 655 g/mol. The zero-order valence-electron chi connectivity index (χ0n) is 27.5. The predicted octanol–water partition coefficient (Wildman–Crippen LogP) is 14.5. The number of hydrogen-bond acceptors (Lipinski definition) is 2. The van der Waals surface area contributed by atoms with Crippen LogP contribution in [-0.4, -0.2) is 4.57 Å². The smallest absolute Gasteiger partial charge is 0.0541 e. The molecule has 51 heavy (non-hydrogen) atoms. The third kappa shape index (κ3) is 4.45. The molecule has 0 aliphatic carbocycles. The summed E-state index contributed by atoms with van der Waals surface area (Å²) in [6, 6.07) is 64.8. The van der Waals surface area contributed by atoms with Gasteiger partial charge in [-0.3, -0.25) is 0 Å². The fourth-order valence-electron chi connectivity index (χ4n) is 8.06. The fourth-order valence-corrected chi connectivity index (χ4v) is 10.4. The van der Waals surface area contributed by atoms with Gasteiger partial charge in [0.2, 0.25) is 0 Å². The number of fused-ring (bicyclic) bond motifs is 9. The molecular formula is C48H29NS2. The fraction of sp³-hybridized carbons (Fsp3) is 0. The topological polar surface area (TPSA) is 4.93 Å². The van der Waals surface area contributed by atoms with Crippen LogP contribution in [0.2, 0.25) is 0 Å². The maximum atomic E-state index is 2.46.